The Morgan fingerprint density at radius 3 is 2.65 bits per heavy atom. The molecule has 0 aliphatic heterocycles. The number of nitrogens with two attached hydrogens (primary N) is 1. The Morgan fingerprint density at radius 2 is 2.12 bits per heavy atom. The summed E-state index contributed by atoms with van der Waals surface area (Å²) in [5.74, 6) is 1.05. The summed E-state index contributed by atoms with van der Waals surface area (Å²) in [5.41, 5.74) is 5.93. The van der Waals surface area contributed by atoms with Gasteiger partial charge in [-0.25, -0.2) is 0 Å². The number of ether oxygens (including phenoxy) is 2. The molecule has 1 rings (SSSR count). The fourth-order valence-corrected chi connectivity index (χ4v) is 1.52. The van der Waals surface area contributed by atoms with Crippen molar-refractivity contribution in [1.29, 1.82) is 0 Å². The van der Waals surface area contributed by atoms with E-state index in [0.717, 1.165) is 0 Å². The summed E-state index contributed by atoms with van der Waals surface area (Å²) in [6.07, 6.45) is 0.289. The van der Waals surface area contributed by atoms with Crippen LogP contribution in [0.2, 0.25) is 0 Å². The molecule has 0 unspecified atom stereocenters. The smallest absolute Gasteiger partial charge is 0.172 e. The maximum absolute atomic E-state index is 11.9. The number of hydrogen-bond donors (Lipinski definition) is 1. The molecule has 1 aromatic rings. The SMILES string of the molecule is COc1cccc(C(=O)CCN)c1OC(C)C. The standard InChI is InChI=1S/C13H19NO3/c1-9(2)17-13-10(11(15)7-8-14)5-4-6-12(13)16-3/h4-6,9H,7-8,14H2,1-3H3. The zero-order valence-electron chi connectivity index (χ0n) is 10.5. The van der Waals surface area contributed by atoms with Crippen molar-refractivity contribution < 1.29 is 14.3 Å². The molecular weight excluding hydrogens is 218 g/mol. The molecule has 1 aromatic carbocycles. The van der Waals surface area contributed by atoms with Gasteiger partial charge in [0.15, 0.2) is 17.3 Å². The zero-order chi connectivity index (χ0) is 12.8. The summed E-state index contributed by atoms with van der Waals surface area (Å²) in [7, 11) is 1.56. The minimum absolute atomic E-state index is 0.0178. The molecule has 0 saturated heterocycles. The van der Waals surface area contributed by atoms with Crippen molar-refractivity contribution in [2.45, 2.75) is 26.4 Å². The van der Waals surface area contributed by atoms with E-state index in [0.29, 0.717) is 30.0 Å². The lowest BCUT2D eigenvalue weighted by Crippen LogP contribution is -2.13. The van der Waals surface area contributed by atoms with Gasteiger partial charge in [-0.05, 0) is 32.5 Å². The average Bonchev–Trinajstić information content (AvgIpc) is 2.28. The van der Waals surface area contributed by atoms with E-state index >= 15 is 0 Å². The monoisotopic (exact) mass is 237 g/mol. The number of carbonyl (C=O) groups excluding carboxylic acids is 1. The van der Waals surface area contributed by atoms with Crippen molar-refractivity contribution in [3.8, 4) is 11.5 Å². The van der Waals surface area contributed by atoms with Crippen LogP contribution in [0.5, 0.6) is 11.5 Å². The summed E-state index contributed by atoms with van der Waals surface area (Å²) in [6, 6.07) is 5.28. The molecule has 4 nitrogen and oxygen atoms in total. The van der Waals surface area contributed by atoms with Crippen LogP contribution in [0.4, 0.5) is 0 Å². The molecule has 94 valence electrons. The average molecular weight is 237 g/mol. The minimum Gasteiger partial charge on any atom is -0.493 e. The number of Topliss-reactive ketones (excluding diaryl/α,β-unsaturated/α-hetero) is 1. The van der Waals surface area contributed by atoms with Gasteiger partial charge in [-0.3, -0.25) is 4.79 Å². The van der Waals surface area contributed by atoms with Crippen LogP contribution in [-0.2, 0) is 0 Å². The third-order valence-electron chi connectivity index (χ3n) is 2.22. The first-order chi connectivity index (χ1) is 8.10. The van der Waals surface area contributed by atoms with E-state index in [2.05, 4.69) is 0 Å². The van der Waals surface area contributed by atoms with E-state index in [1.165, 1.54) is 0 Å². The second-order valence-electron chi connectivity index (χ2n) is 3.97. The van der Waals surface area contributed by atoms with Gasteiger partial charge < -0.3 is 15.2 Å². The molecule has 0 aliphatic carbocycles. The highest BCUT2D eigenvalue weighted by Crippen LogP contribution is 2.32. The number of hydrogen-bond acceptors (Lipinski definition) is 4. The Balaban J connectivity index is 3.14. The fraction of sp³-hybridized carbons (Fsp3) is 0.462. The van der Waals surface area contributed by atoms with Gasteiger partial charge in [0.2, 0.25) is 0 Å². The maximum atomic E-state index is 11.9. The Bertz CT molecular complexity index is 388. The lowest BCUT2D eigenvalue weighted by Gasteiger charge is -2.16. The van der Waals surface area contributed by atoms with Gasteiger partial charge in [0.1, 0.15) is 0 Å². The Labute approximate surface area is 102 Å². The second-order valence-corrected chi connectivity index (χ2v) is 3.97. The highest BCUT2D eigenvalue weighted by molar-refractivity contribution is 5.99. The first kappa shape index (κ1) is 13.5. The first-order valence-electron chi connectivity index (χ1n) is 5.67. The normalized spacial score (nSPS) is 10.4. The topological polar surface area (TPSA) is 61.5 Å². The predicted octanol–water partition coefficient (Wildman–Crippen LogP) is 2.01. The van der Waals surface area contributed by atoms with Crippen molar-refractivity contribution >= 4 is 5.78 Å². The number of para-hydroxylation sites is 1. The molecule has 2 N–H and O–H groups in total. The van der Waals surface area contributed by atoms with E-state index in [1.54, 1.807) is 25.3 Å². The van der Waals surface area contributed by atoms with Gasteiger partial charge in [0, 0.05) is 6.42 Å². The van der Waals surface area contributed by atoms with Crippen LogP contribution in [0.3, 0.4) is 0 Å². The van der Waals surface area contributed by atoms with E-state index in [-0.39, 0.29) is 11.9 Å². The van der Waals surface area contributed by atoms with Crippen LogP contribution in [-0.4, -0.2) is 25.5 Å². The van der Waals surface area contributed by atoms with Crippen LogP contribution in [0, 0.1) is 0 Å². The molecule has 0 bridgehead atoms. The highest BCUT2D eigenvalue weighted by atomic mass is 16.5. The van der Waals surface area contributed by atoms with Crippen molar-refractivity contribution in [3.05, 3.63) is 23.8 Å². The molecular formula is C13H19NO3. The summed E-state index contributed by atoms with van der Waals surface area (Å²) < 4.78 is 10.9. The number of ketones is 1. The first-order valence-corrected chi connectivity index (χ1v) is 5.67. The lowest BCUT2D eigenvalue weighted by molar-refractivity contribution is 0.0978. The molecule has 0 aromatic heterocycles. The molecule has 0 radical (unpaired) electrons. The Hall–Kier alpha value is -1.55. The number of methoxy groups -OCH3 is 1. The largest absolute Gasteiger partial charge is 0.493 e. The Kier molecular flexibility index (Phi) is 4.97. The summed E-state index contributed by atoms with van der Waals surface area (Å²) in [6.45, 7) is 4.14. The second kappa shape index (κ2) is 6.25. The van der Waals surface area contributed by atoms with Gasteiger partial charge in [0.05, 0.1) is 18.8 Å². The lowest BCUT2D eigenvalue weighted by atomic mass is 10.1. The molecule has 0 atom stereocenters. The number of rotatable bonds is 6. The third kappa shape index (κ3) is 3.46. The summed E-state index contributed by atoms with van der Waals surface area (Å²) >= 11 is 0. The molecule has 0 heterocycles. The van der Waals surface area contributed by atoms with E-state index < -0.39 is 0 Å². The molecule has 4 heteroatoms. The molecule has 17 heavy (non-hydrogen) atoms. The van der Waals surface area contributed by atoms with Crippen LogP contribution in [0.25, 0.3) is 0 Å². The van der Waals surface area contributed by atoms with Crippen molar-refractivity contribution in [3.63, 3.8) is 0 Å². The van der Waals surface area contributed by atoms with Crippen molar-refractivity contribution in [1.82, 2.24) is 0 Å². The van der Waals surface area contributed by atoms with Gasteiger partial charge >= 0.3 is 0 Å². The minimum atomic E-state index is -0.0259. The molecule has 0 fully saturated rings. The van der Waals surface area contributed by atoms with Gasteiger partial charge in [-0.1, -0.05) is 6.07 Å². The number of benzene rings is 1. The van der Waals surface area contributed by atoms with E-state index in [4.69, 9.17) is 15.2 Å². The quantitative estimate of drug-likeness (QED) is 0.769. The van der Waals surface area contributed by atoms with Crippen molar-refractivity contribution in [2.24, 2.45) is 5.73 Å². The molecule has 0 amide bonds. The van der Waals surface area contributed by atoms with Crippen LogP contribution < -0.4 is 15.2 Å². The predicted molar refractivity (Wildman–Crippen MR) is 66.8 cm³/mol. The fourth-order valence-electron chi connectivity index (χ4n) is 1.52. The Morgan fingerprint density at radius 1 is 1.41 bits per heavy atom. The van der Waals surface area contributed by atoms with E-state index in [9.17, 15) is 4.79 Å². The van der Waals surface area contributed by atoms with Crippen LogP contribution in [0.1, 0.15) is 30.6 Å². The van der Waals surface area contributed by atoms with Crippen LogP contribution in [0.15, 0.2) is 18.2 Å². The molecule has 0 saturated carbocycles. The van der Waals surface area contributed by atoms with Crippen molar-refractivity contribution in [2.75, 3.05) is 13.7 Å². The van der Waals surface area contributed by atoms with Gasteiger partial charge in [-0.15, -0.1) is 0 Å². The summed E-state index contributed by atoms with van der Waals surface area (Å²) in [5, 5.41) is 0. The van der Waals surface area contributed by atoms with Crippen LogP contribution >= 0.6 is 0 Å². The summed E-state index contributed by atoms with van der Waals surface area (Å²) in [4.78, 5) is 11.9. The third-order valence-corrected chi connectivity index (χ3v) is 2.22. The van der Waals surface area contributed by atoms with Gasteiger partial charge in [-0.2, -0.15) is 0 Å². The molecule has 0 spiro atoms. The van der Waals surface area contributed by atoms with Gasteiger partial charge in [0.25, 0.3) is 0 Å². The molecule has 0 aliphatic rings. The van der Waals surface area contributed by atoms with E-state index in [1.807, 2.05) is 13.8 Å². The maximum Gasteiger partial charge on any atom is 0.172 e. The zero-order valence-corrected chi connectivity index (χ0v) is 10.5. The number of carbonyl (C=O) groups is 1. The highest BCUT2D eigenvalue weighted by Gasteiger charge is 2.17.